The molecule has 0 radical (unpaired) electrons. The minimum atomic E-state index is 0.231. The van der Waals surface area contributed by atoms with Gasteiger partial charge in [-0.05, 0) is 32.6 Å². The summed E-state index contributed by atoms with van der Waals surface area (Å²) in [5, 5.41) is 6.72. The molecule has 0 aliphatic carbocycles. The number of rotatable bonds is 9. The fraction of sp³-hybridized carbons (Fsp3) is 0.889. The molecule has 2 fully saturated rings. The van der Waals surface area contributed by atoms with Crippen molar-refractivity contribution in [2.45, 2.75) is 58.1 Å². The van der Waals surface area contributed by atoms with Gasteiger partial charge in [0, 0.05) is 51.9 Å². The molecule has 0 aromatic carbocycles. The first-order valence-electron chi connectivity index (χ1n) is 9.74. The first kappa shape index (κ1) is 20.0. The first-order valence-corrected chi connectivity index (χ1v) is 9.74. The average Bonchev–Trinajstić information content (AvgIpc) is 3.29. The lowest BCUT2D eigenvalue weighted by Crippen LogP contribution is -2.45. The first-order chi connectivity index (χ1) is 12.2. The fourth-order valence-electron chi connectivity index (χ4n) is 3.19. The number of nitrogens with zero attached hydrogens (tertiary/aromatic N) is 2. The van der Waals surface area contributed by atoms with Crippen LogP contribution < -0.4 is 10.6 Å². The van der Waals surface area contributed by atoms with Crippen molar-refractivity contribution in [1.82, 2.24) is 15.5 Å². The van der Waals surface area contributed by atoms with Crippen molar-refractivity contribution in [1.29, 1.82) is 0 Å². The second-order valence-electron chi connectivity index (χ2n) is 6.65. The molecule has 2 aliphatic heterocycles. The third-order valence-electron chi connectivity index (χ3n) is 4.57. The predicted molar refractivity (Wildman–Crippen MR) is 98.8 cm³/mol. The van der Waals surface area contributed by atoms with Gasteiger partial charge in [0.1, 0.15) is 0 Å². The van der Waals surface area contributed by atoms with Gasteiger partial charge in [-0.25, -0.2) is 0 Å². The lowest BCUT2D eigenvalue weighted by Gasteiger charge is -2.18. The van der Waals surface area contributed by atoms with Crippen LogP contribution in [0.4, 0.5) is 0 Å². The summed E-state index contributed by atoms with van der Waals surface area (Å²) in [4.78, 5) is 18.3. The molecule has 0 spiro atoms. The maximum absolute atomic E-state index is 11.8. The van der Waals surface area contributed by atoms with Crippen LogP contribution in [0.3, 0.4) is 0 Å². The molecule has 144 valence electrons. The van der Waals surface area contributed by atoms with Gasteiger partial charge in [0.15, 0.2) is 5.96 Å². The van der Waals surface area contributed by atoms with Crippen LogP contribution in [0.25, 0.3) is 0 Å². The number of nitrogens with one attached hydrogen (secondary N) is 2. The molecule has 2 rings (SSSR count). The fourth-order valence-corrected chi connectivity index (χ4v) is 3.19. The second-order valence-corrected chi connectivity index (χ2v) is 6.65. The van der Waals surface area contributed by atoms with Gasteiger partial charge in [-0.1, -0.05) is 6.92 Å². The molecule has 2 saturated heterocycles. The number of hydrogen-bond donors (Lipinski definition) is 2. The Morgan fingerprint density at radius 3 is 2.96 bits per heavy atom. The maximum Gasteiger partial charge on any atom is 0.222 e. The Hall–Kier alpha value is -1.34. The van der Waals surface area contributed by atoms with E-state index in [1.807, 2.05) is 11.8 Å². The zero-order valence-corrected chi connectivity index (χ0v) is 15.8. The standard InChI is InChI=1S/C18H34N4O3/c1-3-17(23)22-10-8-15(13-22)21-18(19-4-2)20-9-6-11-24-14-16-7-5-12-25-16/h15-16H,3-14H2,1-2H3,(H2,19,20,21). The molecule has 0 aromatic heterocycles. The van der Waals surface area contributed by atoms with Crippen molar-refractivity contribution in [3.8, 4) is 0 Å². The number of likely N-dealkylation sites (tertiary alicyclic amines) is 1. The summed E-state index contributed by atoms with van der Waals surface area (Å²) < 4.78 is 11.2. The molecule has 7 nitrogen and oxygen atoms in total. The van der Waals surface area contributed by atoms with Crippen molar-refractivity contribution in [3.63, 3.8) is 0 Å². The molecule has 0 saturated carbocycles. The summed E-state index contributed by atoms with van der Waals surface area (Å²) in [5.74, 6) is 1.06. The molecule has 0 aromatic rings. The smallest absolute Gasteiger partial charge is 0.222 e. The summed E-state index contributed by atoms with van der Waals surface area (Å²) in [6, 6.07) is 0.282. The Morgan fingerprint density at radius 2 is 2.24 bits per heavy atom. The molecule has 2 aliphatic rings. The summed E-state index contributed by atoms with van der Waals surface area (Å²) in [6.07, 6.45) is 5.00. The van der Waals surface area contributed by atoms with Crippen LogP contribution in [0.2, 0.25) is 0 Å². The van der Waals surface area contributed by atoms with E-state index in [4.69, 9.17) is 9.47 Å². The van der Waals surface area contributed by atoms with Crippen molar-refractivity contribution in [2.75, 3.05) is 46.0 Å². The zero-order valence-electron chi connectivity index (χ0n) is 15.8. The number of ether oxygens (including phenoxy) is 2. The van der Waals surface area contributed by atoms with E-state index in [2.05, 4.69) is 22.5 Å². The molecule has 1 amide bonds. The van der Waals surface area contributed by atoms with Crippen molar-refractivity contribution in [3.05, 3.63) is 0 Å². The van der Waals surface area contributed by atoms with Crippen LogP contribution in [0.1, 0.15) is 46.0 Å². The van der Waals surface area contributed by atoms with Crippen LogP contribution in [-0.4, -0.2) is 74.9 Å². The molecule has 2 atom stereocenters. The van der Waals surface area contributed by atoms with Gasteiger partial charge in [-0.15, -0.1) is 0 Å². The minimum absolute atomic E-state index is 0.231. The topological polar surface area (TPSA) is 75.2 Å². The van der Waals surface area contributed by atoms with Gasteiger partial charge in [-0.3, -0.25) is 9.79 Å². The highest BCUT2D eigenvalue weighted by atomic mass is 16.5. The van der Waals surface area contributed by atoms with Gasteiger partial charge in [0.05, 0.1) is 12.7 Å². The number of carbonyl (C=O) groups is 1. The van der Waals surface area contributed by atoms with Crippen LogP contribution in [0.5, 0.6) is 0 Å². The number of hydrogen-bond acceptors (Lipinski definition) is 4. The highest BCUT2D eigenvalue weighted by Crippen LogP contribution is 2.12. The van der Waals surface area contributed by atoms with Gasteiger partial charge < -0.3 is 25.0 Å². The third kappa shape index (κ3) is 7.20. The van der Waals surface area contributed by atoms with E-state index in [1.54, 1.807) is 0 Å². The quantitative estimate of drug-likeness (QED) is 0.369. The molecule has 2 N–H and O–H groups in total. The highest BCUT2D eigenvalue weighted by Gasteiger charge is 2.25. The maximum atomic E-state index is 11.8. The number of carbonyl (C=O) groups excluding carboxylic acids is 1. The van der Waals surface area contributed by atoms with Crippen molar-refractivity contribution in [2.24, 2.45) is 4.99 Å². The van der Waals surface area contributed by atoms with Crippen LogP contribution in [-0.2, 0) is 14.3 Å². The molecule has 7 heteroatoms. The summed E-state index contributed by atoms with van der Waals surface area (Å²) in [7, 11) is 0. The molecular weight excluding hydrogens is 320 g/mol. The zero-order chi connectivity index (χ0) is 17.9. The Labute approximate surface area is 151 Å². The Morgan fingerprint density at radius 1 is 1.36 bits per heavy atom. The average molecular weight is 354 g/mol. The molecular formula is C18H34N4O3. The molecule has 2 unspecified atom stereocenters. The monoisotopic (exact) mass is 354 g/mol. The SMILES string of the molecule is CCNC(=NCCCOCC1CCCO1)NC1CCN(C(=O)CC)C1. The van der Waals surface area contributed by atoms with Gasteiger partial charge >= 0.3 is 0 Å². The van der Waals surface area contributed by atoms with Crippen LogP contribution >= 0.6 is 0 Å². The molecule has 2 heterocycles. The number of aliphatic imine (C=N–C) groups is 1. The van der Waals surface area contributed by atoms with E-state index < -0.39 is 0 Å². The predicted octanol–water partition coefficient (Wildman–Crippen LogP) is 1.14. The van der Waals surface area contributed by atoms with Crippen LogP contribution in [0.15, 0.2) is 4.99 Å². The molecule has 0 bridgehead atoms. The lowest BCUT2D eigenvalue weighted by molar-refractivity contribution is -0.129. The highest BCUT2D eigenvalue weighted by molar-refractivity contribution is 5.80. The van der Waals surface area contributed by atoms with Crippen molar-refractivity contribution < 1.29 is 14.3 Å². The number of amides is 1. The largest absolute Gasteiger partial charge is 0.379 e. The Kier molecular flexibility index (Phi) is 9.04. The van der Waals surface area contributed by atoms with Crippen molar-refractivity contribution >= 4 is 11.9 Å². The van der Waals surface area contributed by atoms with Gasteiger partial charge in [0.25, 0.3) is 0 Å². The van der Waals surface area contributed by atoms with E-state index in [0.29, 0.717) is 25.7 Å². The Balaban J connectivity index is 1.63. The second kappa shape index (κ2) is 11.3. The minimum Gasteiger partial charge on any atom is -0.379 e. The van der Waals surface area contributed by atoms with Gasteiger partial charge in [0.2, 0.25) is 5.91 Å². The van der Waals surface area contributed by atoms with E-state index in [1.165, 1.54) is 0 Å². The van der Waals surface area contributed by atoms with E-state index >= 15 is 0 Å². The van der Waals surface area contributed by atoms with Crippen LogP contribution in [0, 0.1) is 0 Å². The lowest BCUT2D eigenvalue weighted by atomic mass is 10.2. The normalized spacial score (nSPS) is 23.9. The third-order valence-corrected chi connectivity index (χ3v) is 4.57. The van der Waals surface area contributed by atoms with E-state index in [-0.39, 0.29) is 11.9 Å². The summed E-state index contributed by atoms with van der Waals surface area (Å²) in [5.41, 5.74) is 0. The van der Waals surface area contributed by atoms with E-state index in [9.17, 15) is 4.79 Å². The van der Waals surface area contributed by atoms with E-state index in [0.717, 1.165) is 64.4 Å². The summed E-state index contributed by atoms with van der Waals surface area (Å²) in [6.45, 7) is 9.41. The number of guanidine groups is 1. The van der Waals surface area contributed by atoms with Gasteiger partial charge in [-0.2, -0.15) is 0 Å². The summed E-state index contributed by atoms with van der Waals surface area (Å²) >= 11 is 0. The Bertz CT molecular complexity index is 425. The molecule has 25 heavy (non-hydrogen) atoms.